The van der Waals surface area contributed by atoms with Gasteiger partial charge < -0.3 is 10.6 Å². The number of carbonyl (C=O) groups is 1. The number of benzene rings is 2. The van der Waals surface area contributed by atoms with Crippen LogP contribution in [0.15, 0.2) is 42.5 Å². The summed E-state index contributed by atoms with van der Waals surface area (Å²) in [6.07, 6.45) is 0. The van der Waals surface area contributed by atoms with Gasteiger partial charge in [0.15, 0.2) is 11.6 Å². The number of hydrogen-bond acceptors (Lipinski definition) is 2. The van der Waals surface area contributed by atoms with Gasteiger partial charge >= 0.3 is 6.03 Å². The van der Waals surface area contributed by atoms with Crippen LogP contribution in [0.3, 0.4) is 0 Å². The first-order valence-corrected chi connectivity index (χ1v) is 5.62. The van der Waals surface area contributed by atoms with Crippen LogP contribution in [-0.4, -0.2) is 6.03 Å². The summed E-state index contributed by atoms with van der Waals surface area (Å²) in [5.74, 6) is -2.04. The van der Waals surface area contributed by atoms with Gasteiger partial charge in [0.2, 0.25) is 0 Å². The maximum absolute atomic E-state index is 13.0. The largest absolute Gasteiger partial charge is 0.323 e. The van der Waals surface area contributed by atoms with E-state index in [1.807, 2.05) is 6.07 Å². The van der Waals surface area contributed by atoms with Crippen LogP contribution in [0.25, 0.3) is 0 Å². The average molecular weight is 273 g/mol. The summed E-state index contributed by atoms with van der Waals surface area (Å²) in [6, 6.07) is 10.7. The van der Waals surface area contributed by atoms with Gasteiger partial charge in [-0.15, -0.1) is 0 Å². The number of hydrogen-bond donors (Lipinski definition) is 2. The fourth-order valence-corrected chi connectivity index (χ4v) is 1.53. The molecule has 0 aliphatic rings. The predicted octanol–water partition coefficient (Wildman–Crippen LogP) is 3.48. The van der Waals surface area contributed by atoms with Crippen molar-refractivity contribution in [2.24, 2.45) is 0 Å². The fourth-order valence-electron chi connectivity index (χ4n) is 1.53. The van der Waals surface area contributed by atoms with Gasteiger partial charge in [-0.25, -0.2) is 13.6 Å². The van der Waals surface area contributed by atoms with Gasteiger partial charge in [0.1, 0.15) is 0 Å². The number of nitrogens with one attached hydrogen (secondary N) is 2. The minimum atomic E-state index is -1.05. The van der Waals surface area contributed by atoms with Crippen LogP contribution in [0.5, 0.6) is 0 Å². The molecule has 0 aliphatic carbocycles. The Hall–Kier alpha value is -2.94. The zero-order valence-corrected chi connectivity index (χ0v) is 10.2. The molecule has 2 aromatic carbocycles. The predicted molar refractivity (Wildman–Crippen MR) is 70.2 cm³/mol. The zero-order chi connectivity index (χ0) is 14.5. The summed E-state index contributed by atoms with van der Waals surface area (Å²) in [4.78, 5) is 11.7. The van der Waals surface area contributed by atoms with Crippen molar-refractivity contribution in [2.45, 2.75) is 0 Å². The van der Waals surface area contributed by atoms with E-state index in [9.17, 15) is 13.6 Å². The summed E-state index contributed by atoms with van der Waals surface area (Å²) >= 11 is 0. The Morgan fingerprint density at radius 1 is 1.00 bits per heavy atom. The van der Waals surface area contributed by atoms with Crippen molar-refractivity contribution in [3.63, 3.8) is 0 Å². The highest BCUT2D eigenvalue weighted by Gasteiger charge is 2.06. The minimum Gasteiger partial charge on any atom is -0.308 e. The van der Waals surface area contributed by atoms with E-state index in [4.69, 9.17) is 5.26 Å². The van der Waals surface area contributed by atoms with Crippen LogP contribution in [0, 0.1) is 23.0 Å². The first kappa shape index (κ1) is 13.5. The lowest BCUT2D eigenvalue weighted by atomic mass is 10.2. The highest BCUT2D eigenvalue weighted by Crippen LogP contribution is 2.14. The van der Waals surface area contributed by atoms with E-state index in [1.54, 1.807) is 18.2 Å². The van der Waals surface area contributed by atoms with Gasteiger partial charge in [-0.3, -0.25) is 0 Å². The molecule has 2 rings (SSSR count). The maximum atomic E-state index is 13.0. The fraction of sp³-hybridized carbons (Fsp3) is 0. The van der Waals surface area contributed by atoms with E-state index in [2.05, 4.69) is 10.6 Å². The van der Waals surface area contributed by atoms with E-state index in [-0.39, 0.29) is 5.69 Å². The Kier molecular flexibility index (Phi) is 3.91. The molecule has 2 amide bonds. The van der Waals surface area contributed by atoms with Crippen molar-refractivity contribution >= 4 is 17.4 Å². The van der Waals surface area contributed by atoms with Gasteiger partial charge in [-0.05, 0) is 30.3 Å². The van der Waals surface area contributed by atoms with Crippen LogP contribution in [-0.2, 0) is 0 Å². The molecule has 4 nitrogen and oxygen atoms in total. The Labute approximate surface area is 113 Å². The van der Waals surface area contributed by atoms with E-state index in [0.717, 1.165) is 12.1 Å². The lowest BCUT2D eigenvalue weighted by Gasteiger charge is -2.08. The molecule has 100 valence electrons. The molecule has 0 spiro atoms. The number of halogens is 2. The van der Waals surface area contributed by atoms with Crippen molar-refractivity contribution in [2.75, 3.05) is 10.6 Å². The monoisotopic (exact) mass is 273 g/mol. The summed E-state index contributed by atoms with van der Waals surface area (Å²) in [5.41, 5.74) is 0.942. The van der Waals surface area contributed by atoms with Crippen molar-refractivity contribution < 1.29 is 13.6 Å². The van der Waals surface area contributed by atoms with Crippen molar-refractivity contribution in [1.82, 2.24) is 0 Å². The smallest absolute Gasteiger partial charge is 0.308 e. The Morgan fingerprint density at radius 2 is 1.70 bits per heavy atom. The van der Waals surface area contributed by atoms with Gasteiger partial charge in [-0.2, -0.15) is 5.26 Å². The molecule has 0 unspecified atom stereocenters. The number of anilines is 2. The molecule has 20 heavy (non-hydrogen) atoms. The summed E-state index contributed by atoms with van der Waals surface area (Å²) < 4.78 is 25.7. The molecular weight excluding hydrogens is 264 g/mol. The van der Waals surface area contributed by atoms with Crippen LogP contribution in [0.2, 0.25) is 0 Å². The van der Waals surface area contributed by atoms with Crippen LogP contribution >= 0.6 is 0 Å². The third-order valence-electron chi connectivity index (χ3n) is 2.43. The van der Waals surface area contributed by atoms with E-state index >= 15 is 0 Å². The topological polar surface area (TPSA) is 64.9 Å². The van der Waals surface area contributed by atoms with Gasteiger partial charge in [0.25, 0.3) is 0 Å². The van der Waals surface area contributed by atoms with Crippen LogP contribution in [0.4, 0.5) is 25.0 Å². The minimum absolute atomic E-state index is 0.123. The first-order valence-electron chi connectivity index (χ1n) is 5.62. The molecule has 2 aromatic rings. The molecule has 2 N–H and O–H groups in total. The quantitative estimate of drug-likeness (QED) is 0.879. The third kappa shape index (κ3) is 3.29. The third-order valence-corrected chi connectivity index (χ3v) is 2.43. The molecule has 0 saturated heterocycles. The van der Waals surface area contributed by atoms with Gasteiger partial charge in [0, 0.05) is 17.4 Å². The molecule has 0 aromatic heterocycles. The van der Waals surface area contributed by atoms with Gasteiger partial charge in [-0.1, -0.05) is 6.07 Å². The number of rotatable bonds is 2. The number of urea groups is 1. The second-order valence-electron chi connectivity index (χ2n) is 3.90. The molecule has 6 heteroatoms. The lowest BCUT2D eigenvalue weighted by molar-refractivity contribution is 0.262. The summed E-state index contributed by atoms with van der Waals surface area (Å²) in [6.45, 7) is 0. The Bertz CT molecular complexity index is 695. The Morgan fingerprint density at radius 3 is 2.35 bits per heavy atom. The molecule has 0 heterocycles. The van der Waals surface area contributed by atoms with E-state index in [1.165, 1.54) is 12.1 Å². The molecule has 0 radical (unpaired) electrons. The van der Waals surface area contributed by atoms with E-state index < -0.39 is 17.7 Å². The summed E-state index contributed by atoms with van der Waals surface area (Å²) in [5, 5.41) is 13.6. The number of nitrogens with zero attached hydrogens (tertiary/aromatic N) is 1. The number of carbonyl (C=O) groups excluding carboxylic acids is 1. The molecule has 0 saturated carbocycles. The lowest BCUT2D eigenvalue weighted by Crippen LogP contribution is -2.19. The summed E-state index contributed by atoms with van der Waals surface area (Å²) in [7, 11) is 0. The van der Waals surface area contributed by atoms with Gasteiger partial charge in [0.05, 0.1) is 11.6 Å². The number of amides is 2. The van der Waals surface area contributed by atoms with E-state index in [0.29, 0.717) is 11.3 Å². The SMILES string of the molecule is N#Cc1cccc(NC(=O)Nc2ccc(F)c(F)c2)c1. The normalized spacial score (nSPS) is 9.65. The molecule has 0 atom stereocenters. The average Bonchev–Trinajstić information content (AvgIpc) is 2.43. The maximum Gasteiger partial charge on any atom is 0.323 e. The first-order chi connectivity index (χ1) is 9.58. The number of nitriles is 1. The van der Waals surface area contributed by atoms with Crippen molar-refractivity contribution in [1.29, 1.82) is 5.26 Å². The van der Waals surface area contributed by atoms with Crippen molar-refractivity contribution in [3.8, 4) is 6.07 Å². The zero-order valence-electron chi connectivity index (χ0n) is 10.2. The Balaban J connectivity index is 2.05. The molecule has 0 fully saturated rings. The standard InChI is InChI=1S/C14H9F2N3O/c15-12-5-4-11(7-13(12)16)19-14(20)18-10-3-1-2-9(6-10)8-17/h1-7H,(H2,18,19,20). The van der Waals surface area contributed by atoms with Crippen molar-refractivity contribution in [3.05, 3.63) is 59.7 Å². The second kappa shape index (κ2) is 5.80. The van der Waals surface area contributed by atoms with Crippen LogP contribution < -0.4 is 10.6 Å². The highest BCUT2D eigenvalue weighted by atomic mass is 19.2. The molecule has 0 bridgehead atoms. The second-order valence-corrected chi connectivity index (χ2v) is 3.90. The molecule has 0 aliphatic heterocycles. The molecular formula is C14H9F2N3O. The van der Waals surface area contributed by atoms with Crippen LogP contribution in [0.1, 0.15) is 5.56 Å². The highest BCUT2D eigenvalue weighted by molar-refractivity contribution is 5.99.